The van der Waals surface area contributed by atoms with Crippen LogP contribution in [0.4, 0.5) is 0 Å². The fourth-order valence-electron chi connectivity index (χ4n) is 1.16. The van der Waals surface area contributed by atoms with Crippen LogP contribution in [0, 0.1) is 11.3 Å². The lowest BCUT2D eigenvalue weighted by Crippen LogP contribution is -2.35. The first-order chi connectivity index (χ1) is 7.44. The van der Waals surface area contributed by atoms with Crippen LogP contribution in [0.1, 0.15) is 27.2 Å². The summed E-state index contributed by atoms with van der Waals surface area (Å²) in [6, 6.07) is 1.86. The molecule has 0 saturated heterocycles. The highest BCUT2D eigenvalue weighted by Gasteiger charge is 2.20. The topological polar surface area (TPSA) is 70.4 Å². The summed E-state index contributed by atoms with van der Waals surface area (Å²) >= 11 is 0. The number of nitrogens with zero attached hydrogens (tertiary/aromatic N) is 2. The summed E-state index contributed by atoms with van der Waals surface area (Å²) in [6.07, 6.45) is 0.720. The smallest absolute Gasteiger partial charge is 0.217 e. The van der Waals surface area contributed by atoms with E-state index in [1.165, 1.54) is 4.31 Å². The summed E-state index contributed by atoms with van der Waals surface area (Å²) in [5, 5.41) is 8.55. The molecule has 0 aliphatic rings. The Morgan fingerprint density at radius 1 is 1.44 bits per heavy atom. The van der Waals surface area contributed by atoms with E-state index in [1.807, 2.05) is 26.8 Å². The second-order valence-electron chi connectivity index (χ2n) is 3.73. The highest BCUT2D eigenvalue weighted by Crippen LogP contribution is 2.03. The van der Waals surface area contributed by atoms with Crippen molar-refractivity contribution < 1.29 is 13.2 Å². The molecule has 0 aromatic carbocycles. The lowest BCUT2D eigenvalue weighted by atomic mass is 10.5. The molecular formula is C10H20N2O3S. The van der Waals surface area contributed by atoms with E-state index in [0.29, 0.717) is 13.0 Å². The van der Waals surface area contributed by atoms with E-state index in [4.69, 9.17) is 10.00 Å². The molecule has 0 N–H and O–H groups in total. The first-order valence-corrected chi connectivity index (χ1v) is 7.01. The van der Waals surface area contributed by atoms with Crippen molar-refractivity contribution in [3.63, 3.8) is 0 Å². The average Bonchev–Trinajstić information content (AvgIpc) is 2.16. The third-order valence-electron chi connectivity index (χ3n) is 1.91. The van der Waals surface area contributed by atoms with Crippen molar-refractivity contribution in [2.24, 2.45) is 0 Å². The Morgan fingerprint density at radius 3 is 2.50 bits per heavy atom. The summed E-state index contributed by atoms with van der Waals surface area (Å²) in [5.74, 6) is -0.0626. The van der Waals surface area contributed by atoms with Crippen molar-refractivity contribution in [2.75, 3.05) is 25.4 Å². The highest BCUT2D eigenvalue weighted by atomic mass is 32.2. The first kappa shape index (κ1) is 15.4. The van der Waals surface area contributed by atoms with E-state index in [2.05, 4.69) is 0 Å². The molecule has 0 heterocycles. The van der Waals surface area contributed by atoms with Crippen molar-refractivity contribution in [1.29, 1.82) is 5.26 Å². The van der Waals surface area contributed by atoms with Gasteiger partial charge in [-0.15, -0.1) is 0 Å². The van der Waals surface area contributed by atoms with Gasteiger partial charge in [0, 0.05) is 6.54 Å². The zero-order valence-electron chi connectivity index (χ0n) is 10.1. The summed E-state index contributed by atoms with van der Waals surface area (Å²) in [7, 11) is -3.36. The van der Waals surface area contributed by atoms with Crippen LogP contribution < -0.4 is 0 Å². The highest BCUT2D eigenvalue weighted by molar-refractivity contribution is 7.89. The molecule has 0 fully saturated rings. The number of rotatable bonds is 8. The van der Waals surface area contributed by atoms with Gasteiger partial charge in [-0.05, 0) is 20.3 Å². The SMILES string of the molecule is CCCN(CC#N)S(=O)(=O)CCOC(C)C. The monoisotopic (exact) mass is 248 g/mol. The van der Waals surface area contributed by atoms with Crippen LogP contribution in [0.5, 0.6) is 0 Å². The maximum absolute atomic E-state index is 11.8. The molecule has 0 aromatic heterocycles. The molecule has 0 radical (unpaired) electrons. The summed E-state index contributed by atoms with van der Waals surface area (Å²) < 4.78 is 30.0. The minimum absolute atomic E-state index is 0.0193. The van der Waals surface area contributed by atoms with Gasteiger partial charge in [-0.25, -0.2) is 8.42 Å². The Morgan fingerprint density at radius 2 is 2.06 bits per heavy atom. The van der Waals surface area contributed by atoms with Crippen LogP contribution >= 0.6 is 0 Å². The average molecular weight is 248 g/mol. The number of sulfonamides is 1. The Hall–Kier alpha value is -0.640. The zero-order chi connectivity index (χ0) is 12.6. The molecular weight excluding hydrogens is 228 g/mol. The molecule has 0 unspecified atom stereocenters. The van der Waals surface area contributed by atoms with Gasteiger partial charge in [0.1, 0.15) is 6.54 Å². The largest absolute Gasteiger partial charge is 0.378 e. The van der Waals surface area contributed by atoms with E-state index in [-0.39, 0.29) is 25.0 Å². The molecule has 5 nitrogen and oxygen atoms in total. The molecule has 94 valence electrons. The minimum atomic E-state index is -3.36. The van der Waals surface area contributed by atoms with Gasteiger partial charge < -0.3 is 4.74 Å². The van der Waals surface area contributed by atoms with Gasteiger partial charge in [-0.1, -0.05) is 6.92 Å². The number of hydrogen-bond acceptors (Lipinski definition) is 4. The minimum Gasteiger partial charge on any atom is -0.378 e. The summed E-state index contributed by atoms with van der Waals surface area (Å²) in [6.45, 7) is 6.06. The molecule has 0 bridgehead atoms. The van der Waals surface area contributed by atoms with Gasteiger partial charge in [0.15, 0.2) is 0 Å². The summed E-state index contributed by atoms with van der Waals surface area (Å²) in [5.41, 5.74) is 0. The molecule has 0 saturated carbocycles. The fourth-order valence-corrected chi connectivity index (χ4v) is 2.44. The fraction of sp³-hybridized carbons (Fsp3) is 0.900. The van der Waals surface area contributed by atoms with E-state index in [0.717, 1.165) is 0 Å². The number of hydrogen-bond donors (Lipinski definition) is 0. The van der Waals surface area contributed by atoms with Crippen molar-refractivity contribution >= 4 is 10.0 Å². The number of ether oxygens (including phenoxy) is 1. The molecule has 0 aromatic rings. The molecule has 6 heteroatoms. The quantitative estimate of drug-likeness (QED) is 0.600. The molecule has 0 rings (SSSR count). The van der Waals surface area contributed by atoms with Gasteiger partial charge in [0.05, 0.1) is 24.5 Å². The van der Waals surface area contributed by atoms with Gasteiger partial charge in [0.2, 0.25) is 10.0 Å². The second-order valence-corrected chi connectivity index (χ2v) is 5.82. The predicted octanol–water partition coefficient (Wildman–Crippen LogP) is 0.977. The lowest BCUT2D eigenvalue weighted by molar-refractivity contribution is 0.0907. The normalized spacial score (nSPS) is 12.0. The molecule has 0 aliphatic carbocycles. The van der Waals surface area contributed by atoms with Gasteiger partial charge >= 0.3 is 0 Å². The third kappa shape index (κ3) is 6.05. The third-order valence-corrected chi connectivity index (χ3v) is 3.69. The maximum Gasteiger partial charge on any atom is 0.217 e. The number of nitriles is 1. The molecule has 0 spiro atoms. The van der Waals surface area contributed by atoms with E-state index in [9.17, 15) is 8.42 Å². The Kier molecular flexibility index (Phi) is 7.30. The second kappa shape index (κ2) is 7.60. The lowest BCUT2D eigenvalue weighted by Gasteiger charge is -2.18. The van der Waals surface area contributed by atoms with Crippen molar-refractivity contribution in [2.45, 2.75) is 33.3 Å². The van der Waals surface area contributed by atoms with Gasteiger partial charge in [-0.2, -0.15) is 9.57 Å². The van der Waals surface area contributed by atoms with E-state index in [1.54, 1.807) is 0 Å². The van der Waals surface area contributed by atoms with Crippen molar-refractivity contribution in [1.82, 2.24) is 4.31 Å². The van der Waals surface area contributed by atoms with Gasteiger partial charge in [-0.3, -0.25) is 0 Å². The van der Waals surface area contributed by atoms with Crippen LogP contribution in [-0.2, 0) is 14.8 Å². The van der Waals surface area contributed by atoms with E-state index >= 15 is 0 Å². The summed E-state index contributed by atoms with van der Waals surface area (Å²) in [4.78, 5) is 0. The maximum atomic E-state index is 11.8. The molecule has 0 aliphatic heterocycles. The first-order valence-electron chi connectivity index (χ1n) is 5.40. The van der Waals surface area contributed by atoms with Crippen LogP contribution in [0.3, 0.4) is 0 Å². The van der Waals surface area contributed by atoms with Crippen molar-refractivity contribution in [3.05, 3.63) is 0 Å². The Bertz CT molecular complexity index is 319. The van der Waals surface area contributed by atoms with Crippen molar-refractivity contribution in [3.8, 4) is 6.07 Å². The van der Waals surface area contributed by atoms with Crippen LogP contribution in [0.2, 0.25) is 0 Å². The Balaban J connectivity index is 4.31. The predicted molar refractivity (Wildman–Crippen MR) is 62.4 cm³/mol. The van der Waals surface area contributed by atoms with Crippen LogP contribution in [0.25, 0.3) is 0 Å². The molecule has 16 heavy (non-hydrogen) atoms. The molecule has 0 amide bonds. The Labute approximate surface area is 98.1 Å². The molecule has 0 atom stereocenters. The van der Waals surface area contributed by atoms with Crippen LogP contribution in [-0.4, -0.2) is 44.3 Å². The standard InChI is InChI=1S/C10H20N2O3S/c1-4-6-12(7-5-11)16(13,14)9-8-15-10(2)3/h10H,4,6-9H2,1-3H3. The van der Waals surface area contributed by atoms with E-state index < -0.39 is 10.0 Å². The van der Waals surface area contributed by atoms with Crippen LogP contribution in [0.15, 0.2) is 0 Å². The van der Waals surface area contributed by atoms with Gasteiger partial charge in [0.25, 0.3) is 0 Å². The zero-order valence-corrected chi connectivity index (χ0v) is 11.0.